The molecule has 0 spiro atoms. The zero-order valence-electron chi connectivity index (χ0n) is 6.96. The third kappa shape index (κ3) is 1.18. The van der Waals surface area contributed by atoms with Crippen molar-refractivity contribution < 1.29 is 4.42 Å². The second-order valence-electron chi connectivity index (χ2n) is 3.41. The molecule has 1 heterocycles. The average molecular weight is 238 g/mol. The highest BCUT2D eigenvalue weighted by atomic mass is 79.9. The van der Waals surface area contributed by atoms with Gasteiger partial charge in [-0.2, -0.15) is 0 Å². The van der Waals surface area contributed by atoms with Gasteiger partial charge in [-0.05, 0) is 40.9 Å². The van der Waals surface area contributed by atoms with Gasteiger partial charge >= 0.3 is 0 Å². The normalized spacial score (nSPS) is 16.7. The van der Waals surface area contributed by atoms with Crippen LogP contribution in [-0.2, 0) is 0 Å². The maximum absolute atomic E-state index is 5.63. The second-order valence-corrected chi connectivity index (χ2v) is 4.27. The molecule has 0 atom stereocenters. The summed E-state index contributed by atoms with van der Waals surface area (Å²) in [5, 5.41) is 0. The molecule has 0 aliphatic heterocycles. The Hall–Kier alpha value is -0.830. The minimum atomic E-state index is 0.583. The van der Waals surface area contributed by atoms with Crippen molar-refractivity contribution in [1.29, 1.82) is 0 Å². The summed E-state index contributed by atoms with van der Waals surface area (Å²) in [6.07, 6.45) is 2.45. The van der Waals surface area contributed by atoms with E-state index in [1.807, 2.05) is 18.2 Å². The van der Waals surface area contributed by atoms with Gasteiger partial charge in [-0.1, -0.05) is 6.07 Å². The van der Waals surface area contributed by atoms with Crippen LogP contribution in [0.3, 0.4) is 0 Å². The van der Waals surface area contributed by atoms with E-state index in [4.69, 9.17) is 4.42 Å². The third-order valence-corrected chi connectivity index (χ3v) is 2.95. The van der Waals surface area contributed by atoms with Gasteiger partial charge < -0.3 is 4.42 Å². The molecule has 3 heteroatoms. The van der Waals surface area contributed by atoms with Crippen molar-refractivity contribution in [2.24, 2.45) is 0 Å². The molecule has 1 aromatic carbocycles. The Morgan fingerprint density at radius 1 is 1.38 bits per heavy atom. The van der Waals surface area contributed by atoms with Crippen molar-refractivity contribution in [3.8, 4) is 0 Å². The van der Waals surface area contributed by atoms with Crippen LogP contribution in [0.4, 0.5) is 0 Å². The minimum Gasteiger partial charge on any atom is -0.440 e. The largest absolute Gasteiger partial charge is 0.440 e. The first kappa shape index (κ1) is 7.56. The summed E-state index contributed by atoms with van der Waals surface area (Å²) in [5.41, 5.74) is 1.83. The van der Waals surface area contributed by atoms with Crippen LogP contribution in [0.2, 0.25) is 0 Å². The van der Waals surface area contributed by atoms with Crippen molar-refractivity contribution in [2.45, 2.75) is 18.8 Å². The summed E-state index contributed by atoms with van der Waals surface area (Å²) in [6, 6.07) is 5.91. The minimum absolute atomic E-state index is 0.583. The van der Waals surface area contributed by atoms with E-state index in [1.54, 1.807) is 0 Å². The van der Waals surface area contributed by atoms with Crippen molar-refractivity contribution in [3.05, 3.63) is 28.6 Å². The molecule has 3 rings (SSSR count). The lowest BCUT2D eigenvalue weighted by Crippen LogP contribution is -1.75. The van der Waals surface area contributed by atoms with E-state index < -0.39 is 0 Å². The Kier molecular flexibility index (Phi) is 1.50. The molecule has 1 aliphatic rings. The van der Waals surface area contributed by atoms with Crippen LogP contribution in [0, 0.1) is 0 Å². The zero-order valence-corrected chi connectivity index (χ0v) is 8.54. The number of halogens is 1. The lowest BCUT2D eigenvalue weighted by atomic mass is 10.3. The molecule has 1 aliphatic carbocycles. The molecule has 0 saturated heterocycles. The number of hydrogen-bond acceptors (Lipinski definition) is 2. The number of fused-ring (bicyclic) bond motifs is 1. The van der Waals surface area contributed by atoms with Gasteiger partial charge in [0.05, 0.1) is 0 Å². The van der Waals surface area contributed by atoms with E-state index in [0.29, 0.717) is 5.92 Å². The quantitative estimate of drug-likeness (QED) is 0.760. The number of para-hydroxylation sites is 1. The van der Waals surface area contributed by atoms with Gasteiger partial charge in [0.2, 0.25) is 0 Å². The van der Waals surface area contributed by atoms with Crippen LogP contribution in [0.1, 0.15) is 24.7 Å². The number of hydrogen-bond donors (Lipinski definition) is 0. The lowest BCUT2D eigenvalue weighted by molar-refractivity contribution is 0.533. The van der Waals surface area contributed by atoms with E-state index in [9.17, 15) is 0 Å². The summed E-state index contributed by atoms with van der Waals surface area (Å²) in [7, 11) is 0. The molecule has 0 radical (unpaired) electrons. The van der Waals surface area contributed by atoms with Gasteiger partial charge in [0, 0.05) is 10.4 Å². The lowest BCUT2D eigenvalue weighted by Gasteiger charge is -1.86. The Labute approximate surface area is 84.1 Å². The van der Waals surface area contributed by atoms with Gasteiger partial charge in [0.25, 0.3) is 0 Å². The molecular weight excluding hydrogens is 230 g/mol. The van der Waals surface area contributed by atoms with Crippen molar-refractivity contribution in [3.63, 3.8) is 0 Å². The fourth-order valence-electron chi connectivity index (χ4n) is 1.44. The predicted molar refractivity (Wildman–Crippen MR) is 53.7 cm³/mol. The number of rotatable bonds is 1. The SMILES string of the molecule is Brc1cccc2oc(C3CC3)nc12. The highest BCUT2D eigenvalue weighted by molar-refractivity contribution is 9.10. The average Bonchev–Trinajstić information content (AvgIpc) is 2.87. The van der Waals surface area contributed by atoms with Gasteiger partial charge in [0.15, 0.2) is 11.5 Å². The number of oxazole rings is 1. The molecule has 0 amide bonds. The predicted octanol–water partition coefficient (Wildman–Crippen LogP) is 3.47. The number of aromatic nitrogens is 1. The molecule has 2 nitrogen and oxygen atoms in total. The first-order valence-electron chi connectivity index (χ1n) is 4.39. The van der Waals surface area contributed by atoms with Crippen LogP contribution in [-0.4, -0.2) is 4.98 Å². The molecule has 0 N–H and O–H groups in total. The van der Waals surface area contributed by atoms with Crippen LogP contribution in [0.15, 0.2) is 27.1 Å². The zero-order chi connectivity index (χ0) is 8.84. The maximum Gasteiger partial charge on any atom is 0.198 e. The number of benzene rings is 1. The second kappa shape index (κ2) is 2.58. The molecule has 1 saturated carbocycles. The van der Waals surface area contributed by atoms with Gasteiger partial charge in [-0.3, -0.25) is 0 Å². The standard InChI is InChI=1S/C10H8BrNO/c11-7-2-1-3-8-9(7)12-10(13-8)6-4-5-6/h1-3,6H,4-5H2. The summed E-state index contributed by atoms with van der Waals surface area (Å²) < 4.78 is 6.65. The molecule has 66 valence electrons. The molecule has 1 fully saturated rings. The summed E-state index contributed by atoms with van der Waals surface area (Å²) >= 11 is 3.46. The first-order valence-corrected chi connectivity index (χ1v) is 5.19. The van der Waals surface area contributed by atoms with E-state index in [2.05, 4.69) is 20.9 Å². The Morgan fingerprint density at radius 3 is 2.92 bits per heavy atom. The third-order valence-electron chi connectivity index (χ3n) is 2.31. The van der Waals surface area contributed by atoms with E-state index in [1.165, 1.54) is 12.8 Å². The molecule has 13 heavy (non-hydrogen) atoms. The Morgan fingerprint density at radius 2 is 2.23 bits per heavy atom. The van der Waals surface area contributed by atoms with Gasteiger partial charge in [-0.25, -0.2) is 4.98 Å². The molecule has 1 aromatic heterocycles. The Balaban J connectivity index is 2.26. The molecule has 0 unspecified atom stereocenters. The van der Waals surface area contributed by atoms with Crippen LogP contribution >= 0.6 is 15.9 Å². The topological polar surface area (TPSA) is 26.0 Å². The molecule has 0 bridgehead atoms. The summed E-state index contributed by atoms with van der Waals surface area (Å²) in [6.45, 7) is 0. The van der Waals surface area contributed by atoms with E-state index in [-0.39, 0.29) is 0 Å². The van der Waals surface area contributed by atoms with Crippen molar-refractivity contribution in [1.82, 2.24) is 4.98 Å². The van der Waals surface area contributed by atoms with Crippen molar-refractivity contribution >= 4 is 27.0 Å². The first-order chi connectivity index (χ1) is 6.34. The monoisotopic (exact) mass is 237 g/mol. The highest BCUT2D eigenvalue weighted by Gasteiger charge is 2.29. The summed E-state index contributed by atoms with van der Waals surface area (Å²) in [4.78, 5) is 4.46. The molecule has 2 aromatic rings. The summed E-state index contributed by atoms with van der Waals surface area (Å²) in [5.74, 6) is 1.49. The van der Waals surface area contributed by atoms with Crippen LogP contribution < -0.4 is 0 Å². The van der Waals surface area contributed by atoms with Crippen LogP contribution in [0.25, 0.3) is 11.1 Å². The number of nitrogens with zero attached hydrogens (tertiary/aromatic N) is 1. The van der Waals surface area contributed by atoms with E-state index >= 15 is 0 Å². The van der Waals surface area contributed by atoms with Gasteiger partial charge in [-0.15, -0.1) is 0 Å². The van der Waals surface area contributed by atoms with Gasteiger partial charge in [0.1, 0.15) is 5.52 Å². The fourth-order valence-corrected chi connectivity index (χ4v) is 1.87. The van der Waals surface area contributed by atoms with Crippen molar-refractivity contribution in [2.75, 3.05) is 0 Å². The Bertz CT molecular complexity index is 459. The highest BCUT2D eigenvalue weighted by Crippen LogP contribution is 2.41. The van der Waals surface area contributed by atoms with Crippen LogP contribution in [0.5, 0.6) is 0 Å². The maximum atomic E-state index is 5.63. The fraction of sp³-hybridized carbons (Fsp3) is 0.300. The molecular formula is C10H8BrNO. The van der Waals surface area contributed by atoms with E-state index in [0.717, 1.165) is 21.5 Å². The smallest absolute Gasteiger partial charge is 0.198 e.